The fraction of sp³-hybridized carbons (Fsp3) is 0.280. The summed E-state index contributed by atoms with van der Waals surface area (Å²) in [5.41, 5.74) is 3.73. The summed E-state index contributed by atoms with van der Waals surface area (Å²) in [6, 6.07) is 17.8. The Morgan fingerprint density at radius 3 is 2.75 bits per heavy atom. The molecule has 0 fully saturated rings. The highest BCUT2D eigenvalue weighted by Gasteiger charge is 2.09. The van der Waals surface area contributed by atoms with Gasteiger partial charge in [-0.1, -0.05) is 80.8 Å². The maximum Gasteiger partial charge on any atom is 0.228 e. The van der Waals surface area contributed by atoms with Gasteiger partial charge in [0.25, 0.3) is 0 Å². The minimum atomic E-state index is -0.0260. The molecule has 0 saturated carbocycles. The summed E-state index contributed by atoms with van der Waals surface area (Å²) in [4.78, 5) is 17.1. The van der Waals surface area contributed by atoms with Crippen molar-refractivity contribution in [2.24, 2.45) is 0 Å². The highest BCUT2D eigenvalue weighted by Crippen LogP contribution is 2.21. The van der Waals surface area contributed by atoms with Crippen LogP contribution < -0.4 is 5.32 Å². The Labute approximate surface area is 167 Å². The van der Waals surface area contributed by atoms with Crippen LogP contribution in [0.5, 0.6) is 0 Å². The fourth-order valence-corrected chi connectivity index (χ4v) is 3.33. The summed E-state index contributed by atoms with van der Waals surface area (Å²) in [7, 11) is 0. The molecule has 3 rings (SSSR count). The molecule has 1 aromatic heterocycles. The van der Waals surface area contributed by atoms with Gasteiger partial charge in [0.15, 0.2) is 0 Å². The first-order chi connectivity index (χ1) is 13.8. The van der Waals surface area contributed by atoms with Gasteiger partial charge in [-0.2, -0.15) is 0 Å². The molecule has 2 aromatic carbocycles. The standard InChI is InChI=1S/C25H28N2O/c1-2-3-4-5-6-7-12-20-13-8-9-14-22(20)19-24(28)27-23-17-10-15-21-16-11-18-26-25(21)23/h7-18H,2-6,19H2,1H3,(H,27,28)/b12-7+. The van der Waals surface area contributed by atoms with Crippen LogP contribution in [-0.2, 0) is 11.2 Å². The molecule has 0 bridgehead atoms. The molecule has 0 radical (unpaired) electrons. The van der Waals surface area contributed by atoms with Crippen molar-refractivity contribution in [1.29, 1.82) is 0 Å². The average molecular weight is 373 g/mol. The van der Waals surface area contributed by atoms with Gasteiger partial charge in [0.1, 0.15) is 0 Å². The van der Waals surface area contributed by atoms with E-state index in [4.69, 9.17) is 0 Å². The van der Waals surface area contributed by atoms with E-state index in [0.29, 0.717) is 6.42 Å². The number of nitrogens with one attached hydrogen (secondary N) is 1. The Balaban J connectivity index is 1.65. The number of benzene rings is 2. The Morgan fingerprint density at radius 2 is 1.86 bits per heavy atom. The molecule has 0 aliphatic heterocycles. The molecular weight excluding hydrogens is 344 g/mol. The molecule has 0 aliphatic carbocycles. The lowest BCUT2D eigenvalue weighted by molar-refractivity contribution is -0.115. The van der Waals surface area contributed by atoms with E-state index in [9.17, 15) is 4.79 Å². The van der Waals surface area contributed by atoms with E-state index in [0.717, 1.165) is 34.1 Å². The molecule has 1 N–H and O–H groups in total. The number of para-hydroxylation sites is 1. The second-order valence-electron chi connectivity index (χ2n) is 7.06. The van der Waals surface area contributed by atoms with Gasteiger partial charge in [-0.25, -0.2) is 0 Å². The van der Waals surface area contributed by atoms with Gasteiger partial charge >= 0.3 is 0 Å². The van der Waals surface area contributed by atoms with Crippen LogP contribution in [0.25, 0.3) is 17.0 Å². The van der Waals surface area contributed by atoms with Gasteiger partial charge in [-0.05, 0) is 36.1 Å². The van der Waals surface area contributed by atoms with Crippen molar-refractivity contribution in [2.75, 3.05) is 5.32 Å². The minimum absolute atomic E-state index is 0.0260. The quantitative estimate of drug-likeness (QED) is 0.442. The summed E-state index contributed by atoms with van der Waals surface area (Å²) in [5.74, 6) is -0.0260. The van der Waals surface area contributed by atoms with E-state index in [1.54, 1.807) is 6.20 Å². The van der Waals surface area contributed by atoms with Crippen molar-refractivity contribution < 1.29 is 4.79 Å². The van der Waals surface area contributed by atoms with Crippen molar-refractivity contribution in [3.63, 3.8) is 0 Å². The fourth-order valence-electron chi connectivity index (χ4n) is 3.33. The molecule has 0 aliphatic rings. The third-order valence-corrected chi connectivity index (χ3v) is 4.83. The second-order valence-corrected chi connectivity index (χ2v) is 7.06. The molecule has 3 nitrogen and oxygen atoms in total. The topological polar surface area (TPSA) is 42.0 Å². The molecule has 1 amide bonds. The number of anilines is 1. The summed E-state index contributed by atoms with van der Waals surface area (Å²) >= 11 is 0. The van der Waals surface area contributed by atoms with Crippen molar-refractivity contribution in [2.45, 2.75) is 45.4 Å². The summed E-state index contributed by atoms with van der Waals surface area (Å²) in [6.07, 6.45) is 12.6. The number of unbranched alkanes of at least 4 members (excludes halogenated alkanes) is 4. The van der Waals surface area contributed by atoms with Crippen molar-refractivity contribution in [3.8, 4) is 0 Å². The lowest BCUT2D eigenvalue weighted by Gasteiger charge is -2.09. The Kier molecular flexibility index (Phi) is 7.36. The third kappa shape index (κ3) is 5.53. The molecule has 0 unspecified atom stereocenters. The second kappa shape index (κ2) is 10.4. The van der Waals surface area contributed by atoms with Crippen molar-refractivity contribution in [1.82, 2.24) is 4.98 Å². The first-order valence-corrected chi connectivity index (χ1v) is 10.2. The van der Waals surface area contributed by atoms with Gasteiger partial charge in [0, 0.05) is 11.6 Å². The molecule has 0 spiro atoms. The zero-order valence-electron chi connectivity index (χ0n) is 16.5. The minimum Gasteiger partial charge on any atom is -0.324 e. The van der Waals surface area contributed by atoms with Crippen LogP contribution in [0.4, 0.5) is 5.69 Å². The number of allylic oxidation sites excluding steroid dienone is 1. The maximum atomic E-state index is 12.7. The Bertz CT molecular complexity index is 941. The monoisotopic (exact) mass is 372 g/mol. The number of carbonyl (C=O) groups excluding carboxylic acids is 1. The van der Waals surface area contributed by atoms with E-state index >= 15 is 0 Å². The van der Waals surface area contributed by atoms with Crippen LogP contribution in [0.1, 0.15) is 50.2 Å². The molecule has 0 atom stereocenters. The summed E-state index contributed by atoms with van der Waals surface area (Å²) in [6.45, 7) is 2.23. The van der Waals surface area contributed by atoms with Crippen LogP contribution in [0, 0.1) is 0 Å². The first-order valence-electron chi connectivity index (χ1n) is 10.2. The van der Waals surface area contributed by atoms with Crippen LogP contribution in [0.2, 0.25) is 0 Å². The molecule has 0 saturated heterocycles. The highest BCUT2D eigenvalue weighted by atomic mass is 16.1. The first kappa shape index (κ1) is 19.8. The van der Waals surface area contributed by atoms with Gasteiger partial charge in [-0.3, -0.25) is 9.78 Å². The third-order valence-electron chi connectivity index (χ3n) is 4.83. The van der Waals surface area contributed by atoms with E-state index in [-0.39, 0.29) is 5.91 Å². The number of hydrogen-bond donors (Lipinski definition) is 1. The number of rotatable bonds is 9. The summed E-state index contributed by atoms with van der Waals surface area (Å²) < 4.78 is 0. The van der Waals surface area contributed by atoms with Crippen LogP contribution in [0.3, 0.4) is 0 Å². The smallest absolute Gasteiger partial charge is 0.228 e. The van der Waals surface area contributed by atoms with Crippen LogP contribution >= 0.6 is 0 Å². The zero-order chi connectivity index (χ0) is 19.6. The summed E-state index contributed by atoms with van der Waals surface area (Å²) in [5, 5.41) is 4.05. The van der Waals surface area contributed by atoms with E-state index in [1.807, 2.05) is 48.5 Å². The normalized spacial score (nSPS) is 11.2. The van der Waals surface area contributed by atoms with Crippen LogP contribution in [0.15, 0.2) is 66.9 Å². The Hall–Kier alpha value is -2.94. The van der Waals surface area contributed by atoms with Gasteiger partial charge in [0.05, 0.1) is 17.6 Å². The number of carbonyl (C=O) groups is 1. The van der Waals surface area contributed by atoms with Gasteiger partial charge in [-0.15, -0.1) is 0 Å². The average Bonchev–Trinajstić information content (AvgIpc) is 2.72. The van der Waals surface area contributed by atoms with E-state index in [2.05, 4.69) is 35.4 Å². The van der Waals surface area contributed by atoms with Crippen molar-refractivity contribution in [3.05, 3.63) is 78.0 Å². The Morgan fingerprint density at radius 1 is 1.00 bits per heavy atom. The molecule has 3 aromatic rings. The zero-order valence-corrected chi connectivity index (χ0v) is 16.5. The van der Waals surface area contributed by atoms with Crippen LogP contribution in [-0.4, -0.2) is 10.9 Å². The molecular formula is C25H28N2O. The number of hydrogen-bond acceptors (Lipinski definition) is 2. The SMILES string of the molecule is CCCCCC/C=C/c1ccccc1CC(=O)Nc1cccc2cccnc12. The number of pyridine rings is 1. The molecule has 1 heterocycles. The highest BCUT2D eigenvalue weighted by molar-refractivity contribution is 6.01. The van der Waals surface area contributed by atoms with Crippen molar-refractivity contribution >= 4 is 28.6 Å². The van der Waals surface area contributed by atoms with Gasteiger partial charge in [0.2, 0.25) is 5.91 Å². The van der Waals surface area contributed by atoms with E-state index in [1.165, 1.54) is 25.7 Å². The predicted molar refractivity (Wildman–Crippen MR) is 118 cm³/mol. The number of fused-ring (bicyclic) bond motifs is 1. The lowest BCUT2D eigenvalue weighted by Crippen LogP contribution is -2.15. The predicted octanol–water partition coefficient (Wildman–Crippen LogP) is 6.40. The number of nitrogens with zero attached hydrogens (tertiary/aromatic N) is 1. The lowest BCUT2D eigenvalue weighted by atomic mass is 10.0. The van der Waals surface area contributed by atoms with E-state index < -0.39 is 0 Å². The molecule has 28 heavy (non-hydrogen) atoms. The molecule has 3 heteroatoms. The number of amides is 1. The number of aromatic nitrogens is 1. The van der Waals surface area contributed by atoms with Gasteiger partial charge < -0.3 is 5.32 Å². The largest absolute Gasteiger partial charge is 0.324 e. The maximum absolute atomic E-state index is 12.7. The molecule has 144 valence electrons.